The van der Waals surface area contributed by atoms with E-state index in [4.69, 9.17) is 0 Å². The minimum Gasteiger partial charge on any atom is -0.316 e. The quantitative estimate of drug-likeness (QED) is 0.695. The van der Waals surface area contributed by atoms with Crippen molar-refractivity contribution in [3.63, 3.8) is 0 Å². The van der Waals surface area contributed by atoms with Gasteiger partial charge in [-0.05, 0) is 31.8 Å². The van der Waals surface area contributed by atoms with E-state index in [9.17, 15) is 8.78 Å². The highest BCUT2D eigenvalue weighted by Gasteiger charge is 2.16. The Hall–Kier alpha value is 0.110. The Morgan fingerprint density at radius 2 is 2.18 bits per heavy atom. The summed E-state index contributed by atoms with van der Waals surface area (Å²) in [5.74, 6) is 0.216. The molecule has 0 saturated carbocycles. The molecule has 4 heteroatoms. The predicted molar refractivity (Wildman–Crippen MR) is 43.5 cm³/mol. The zero-order valence-electron chi connectivity index (χ0n) is 6.35. The van der Waals surface area contributed by atoms with Gasteiger partial charge in [-0.25, -0.2) is 8.78 Å². The van der Waals surface area contributed by atoms with Crippen molar-refractivity contribution in [3.05, 3.63) is 0 Å². The summed E-state index contributed by atoms with van der Waals surface area (Å²) in [6.45, 7) is 1.78. The average molecular weight is 186 g/mol. The molecule has 0 amide bonds. The van der Waals surface area contributed by atoms with Gasteiger partial charge in [0.1, 0.15) is 0 Å². The molecule has 0 unspecified atom stereocenters. The van der Waals surface area contributed by atoms with Gasteiger partial charge in [0.15, 0.2) is 0 Å². The molecule has 68 valence electrons. The third-order valence-electron chi connectivity index (χ3n) is 1.91. The molecule has 1 nitrogen and oxygen atoms in total. The van der Waals surface area contributed by atoms with Gasteiger partial charge in [-0.15, -0.1) is 12.4 Å². The van der Waals surface area contributed by atoms with Crippen LogP contribution in [-0.2, 0) is 0 Å². The van der Waals surface area contributed by atoms with E-state index >= 15 is 0 Å². The molecule has 1 aliphatic heterocycles. The van der Waals surface area contributed by atoms with Gasteiger partial charge in [-0.2, -0.15) is 0 Å². The first-order valence-corrected chi connectivity index (χ1v) is 3.78. The molecule has 0 bridgehead atoms. The molecule has 11 heavy (non-hydrogen) atoms. The summed E-state index contributed by atoms with van der Waals surface area (Å²) in [6.07, 6.45) is -0.0215. The molecule has 1 N–H and O–H groups in total. The second-order valence-electron chi connectivity index (χ2n) is 2.84. The zero-order chi connectivity index (χ0) is 7.40. The van der Waals surface area contributed by atoms with Gasteiger partial charge in [-0.1, -0.05) is 0 Å². The second-order valence-corrected chi connectivity index (χ2v) is 2.84. The molecule has 1 aliphatic rings. The Labute approximate surface area is 72.0 Å². The summed E-state index contributed by atoms with van der Waals surface area (Å²) in [6, 6.07) is 0. The zero-order valence-corrected chi connectivity index (χ0v) is 7.17. The highest BCUT2D eigenvalue weighted by Crippen LogP contribution is 2.17. The molecule has 0 aliphatic carbocycles. The van der Waals surface area contributed by atoms with Gasteiger partial charge in [0, 0.05) is 6.42 Å². The highest BCUT2D eigenvalue weighted by molar-refractivity contribution is 5.85. The number of hydrogen-bond donors (Lipinski definition) is 1. The summed E-state index contributed by atoms with van der Waals surface area (Å²) in [7, 11) is 0. The van der Waals surface area contributed by atoms with Crippen LogP contribution in [0, 0.1) is 5.92 Å². The summed E-state index contributed by atoms with van der Waals surface area (Å²) in [4.78, 5) is 0. The molecule has 1 atom stereocenters. The molecule has 0 radical (unpaired) electrons. The van der Waals surface area contributed by atoms with E-state index in [0.717, 1.165) is 25.9 Å². The first kappa shape index (κ1) is 11.1. The highest BCUT2D eigenvalue weighted by atomic mass is 35.5. The molecule has 0 aromatic rings. The maximum absolute atomic E-state index is 11.8. The van der Waals surface area contributed by atoms with Crippen LogP contribution in [0.3, 0.4) is 0 Å². The van der Waals surface area contributed by atoms with Crippen molar-refractivity contribution in [1.82, 2.24) is 5.32 Å². The van der Waals surface area contributed by atoms with Crippen LogP contribution in [0.1, 0.15) is 19.3 Å². The summed E-state index contributed by atoms with van der Waals surface area (Å²) < 4.78 is 23.6. The summed E-state index contributed by atoms with van der Waals surface area (Å²) >= 11 is 0. The monoisotopic (exact) mass is 185 g/mol. The lowest BCUT2D eigenvalue weighted by atomic mass is 9.97. The van der Waals surface area contributed by atoms with Gasteiger partial charge in [0.05, 0.1) is 0 Å². The minimum atomic E-state index is -2.12. The van der Waals surface area contributed by atoms with Crippen molar-refractivity contribution in [2.45, 2.75) is 25.7 Å². The Balaban J connectivity index is 0.000001000. The summed E-state index contributed by atoms with van der Waals surface area (Å²) in [5.41, 5.74) is 0. The van der Waals surface area contributed by atoms with Crippen molar-refractivity contribution in [1.29, 1.82) is 0 Å². The van der Waals surface area contributed by atoms with Crippen molar-refractivity contribution in [3.8, 4) is 0 Å². The van der Waals surface area contributed by atoms with Crippen LogP contribution < -0.4 is 5.32 Å². The van der Waals surface area contributed by atoms with Crippen LogP contribution in [0.25, 0.3) is 0 Å². The lowest BCUT2D eigenvalue weighted by Crippen LogP contribution is -2.30. The number of piperidine rings is 1. The van der Waals surface area contributed by atoms with Crippen LogP contribution in [-0.4, -0.2) is 19.5 Å². The van der Waals surface area contributed by atoms with Gasteiger partial charge in [0.25, 0.3) is 0 Å². The van der Waals surface area contributed by atoms with Gasteiger partial charge < -0.3 is 5.32 Å². The van der Waals surface area contributed by atoms with E-state index in [1.165, 1.54) is 0 Å². The largest absolute Gasteiger partial charge is 0.316 e. The molecule has 0 spiro atoms. The van der Waals surface area contributed by atoms with E-state index in [0.29, 0.717) is 0 Å². The Morgan fingerprint density at radius 3 is 2.64 bits per heavy atom. The van der Waals surface area contributed by atoms with Gasteiger partial charge >= 0.3 is 0 Å². The number of hydrogen-bond acceptors (Lipinski definition) is 1. The van der Waals surface area contributed by atoms with E-state index in [2.05, 4.69) is 5.32 Å². The van der Waals surface area contributed by atoms with Crippen LogP contribution in [0.15, 0.2) is 0 Å². The fourth-order valence-electron chi connectivity index (χ4n) is 1.38. The SMILES string of the molecule is Cl.FC(F)C[C@H]1CCCNC1. The first-order valence-electron chi connectivity index (χ1n) is 3.78. The predicted octanol–water partition coefficient (Wildman–Crippen LogP) is 2.06. The standard InChI is InChI=1S/C7H13F2N.ClH/c8-7(9)4-6-2-1-3-10-5-6;/h6-7,10H,1-5H2;1H/t6-;/m1./s1. The van der Waals surface area contributed by atoms with Gasteiger partial charge in [0.2, 0.25) is 6.43 Å². The first-order chi connectivity index (χ1) is 4.79. The van der Waals surface area contributed by atoms with E-state index in [1.54, 1.807) is 0 Å². The molecule has 1 heterocycles. The van der Waals surface area contributed by atoms with E-state index < -0.39 is 6.43 Å². The Bertz CT molecular complexity index is 94.4. The number of rotatable bonds is 2. The molecular formula is C7H14ClF2N. The fraction of sp³-hybridized carbons (Fsp3) is 1.00. The van der Waals surface area contributed by atoms with Gasteiger partial charge in [-0.3, -0.25) is 0 Å². The van der Waals surface area contributed by atoms with Crippen LogP contribution in [0.2, 0.25) is 0 Å². The van der Waals surface area contributed by atoms with Crippen molar-refractivity contribution < 1.29 is 8.78 Å². The smallest absolute Gasteiger partial charge is 0.238 e. The molecule has 1 saturated heterocycles. The van der Waals surface area contributed by atoms with E-state index in [-0.39, 0.29) is 24.7 Å². The summed E-state index contributed by atoms with van der Waals surface area (Å²) in [5, 5.41) is 3.11. The van der Waals surface area contributed by atoms with Crippen molar-refractivity contribution in [2.75, 3.05) is 13.1 Å². The molecule has 0 aromatic heterocycles. The minimum absolute atomic E-state index is 0. The molecular weight excluding hydrogens is 172 g/mol. The second kappa shape index (κ2) is 5.72. The third kappa shape index (κ3) is 4.53. The van der Waals surface area contributed by atoms with E-state index in [1.807, 2.05) is 0 Å². The maximum atomic E-state index is 11.8. The molecule has 1 rings (SSSR count). The number of halogens is 3. The molecule has 1 fully saturated rings. The number of nitrogens with one attached hydrogen (secondary N) is 1. The fourth-order valence-corrected chi connectivity index (χ4v) is 1.38. The Kier molecular flexibility index (Phi) is 5.78. The van der Waals surface area contributed by atoms with Crippen molar-refractivity contribution in [2.24, 2.45) is 5.92 Å². The van der Waals surface area contributed by atoms with Crippen LogP contribution >= 0.6 is 12.4 Å². The van der Waals surface area contributed by atoms with Crippen LogP contribution in [0.5, 0.6) is 0 Å². The topological polar surface area (TPSA) is 12.0 Å². The number of alkyl halides is 2. The molecule has 0 aromatic carbocycles. The average Bonchev–Trinajstić information content (AvgIpc) is 1.88. The van der Waals surface area contributed by atoms with Crippen LogP contribution in [0.4, 0.5) is 8.78 Å². The lowest BCUT2D eigenvalue weighted by Gasteiger charge is -2.21. The van der Waals surface area contributed by atoms with Crippen molar-refractivity contribution >= 4 is 12.4 Å². The lowest BCUT2D eigenvalue weighted by molar-refractivity contribution is 0.107. The maximum Gasteiger partial charge on any atom is 0.238 e. The normalized spacial score (nSPS) is 24.8. The third-order valence-corrected chi connectivity index (χ3v) is 1.91. The Morgan fingerprint density at radius 1 is 1.45 bits per heavy atom.